The minimum atomic E-state index is -5.42. The van der Waals surface area contributed by atoms with Gasteiger partial charge in [0.15, 0.2) is 10.9 Å². The van der Waals surface area contributed by atoms with Crippen molar-refractivity contribution in [2.24, 2.45) is 10.2 Å². The lowest BCUT2D eigenvalue weighted by molar-refractivity contribution is 0.0686. The molecule has 0 saturated carbocycles. The Morgan fingerprint density at radius 2 is 1.31 bits per heavy atom. The van der Waals surface area contributed by atoms with Crippen LogP contribution in [0.25, 0.3) is 10.8 Å². The number of phenols is 1. The molecule has 0 bridgehead atoms. The van der Waals surface area contributed by atoms with Crippen molar-refractivity contribution in [3.63, 3.8) is 0 Å². The van der Waals surface area contributed by atoms with Gasteiger partial charge in [0, 0.05) is 22.4 Å². The Hall–Kier alpha value is -7.23. The Morgan fingerprint density at radius 1 is 0.647 bits per heavy atom. The van der Waals surface area contributed by atoms with Gasteiger partial charge in [-0.2, -0.15) is 48.6 Å². The molecule has 1 heterocycles. The van der Waals surface area contributed by atoms with E-state index in [0.29, 0.717) is 30.3 Å². The van der Waals surface area contributed by atoms with Crippen molar-refractivity contribution in [3.8, 4) is 5.75 Å². The zero-order chi connectivity index (χ0) is 49.9. The van der Waals surface area contributed by atoms with Crippen LogP contribution in [0, 0.1) is 0 Å². The zero-order valence-electron chi connectivity index (χ0n) is 33.6. The van der Waals surface area contributed by atoms with E-state index in [0.717, 1.165) is 17.8 Å². The van der Waals surface area contributed by atoms with Gasteiger partial charge < -0.3 is 31.3 Å². The molecule has 6 rings (SSSR count). The van der Waals surface area contributed by atoms with Crippen LogP contribution in [0.1, 0.15) is 37.5 Å². The van der Waals surface area contributed by atoms with Crippen molar-refractivity contribution in [2.75, 3.05) is 27.5 Å². The van der Waals surface area contributed by atoms with Crippen molar-refractivity contribution >= 4 is 121 Å². The monoisotopic (exact) mass is 1030 g/mol. The van der Waals surface area contributed by atoms with E-state index in [-0.39, 0.29) is 51.7 Å². The lowest BCUT2D eigenvalue weighted by Gasteiger charge is -2.15. The van der Waals surface area contributed by atoms with Crippen molar-refractivity contribution in [2.45, 2.75) is 26.3 Å². The minimum absolute atomic E-state index is 0.000821. The maximum Gasteiger partial charge on any atom is 0.338 e. The molecule has 356 valence electrons. The molecule has 1 aromatic heterocycles. The Morgan fingerprint density at radius 3 is 1.94 bits per heavy atom. The number of carboxylic acid groups (broad SMARTS) is 2. The summed E-state index contributed by atoms with van der Waals surface area (Å²) in [5.41, 5.74) is -3.43. The second kappa shape index (κ2) is 19.5. The molecule has 0 radical (unpaired) electrons. The normalized spacial score (nSPS) is 12.2. The van der Waals surface area contributed by atoms with Gasteiger partial charge in [0.2, 0.25) is 11.9 Å². The predicted octanol–water partition coefficient (Wildman–Crippen LogP) is 5.39. The third kappa shape index (κ3) is 12.4. The number of nitrogens with zero attached hydrogens (tertiary/aromatic N) is 5. The van der Waals surface area contributed by atoms with Crippen LogP contribution in [0.3, 0.4) is 0 Å². The molecule has 0 atom stereocenters. The van der Waals surface area contributed by atoms with E-state index in [1.54, 1.807) is 6.07 Å². The van der Waals surface area contributed by atoms with Crippen LogP contribution < -0.4 is 16.0 Å². The van der Waals surface area contributed by atoms with Crippen LogP contribution in [0.2, 0.25) is 0 Å². The number of carbonyl (C=O) groups excluding carboxylic acids is 1. The van der Waals surface area contributed by atoms with Crippen LogP contribution in [0.5, 0.6) is 5.75 Å². The average molecular weight is 1040 g/mol. The number of benzene rings is 5. The van der Waals surface area contributed by atoms with Crippen LogP contribution >= 0.6 is 11.8 Å². The first-order valence-corrected chi connectivity index (χ1v) is 25.3. The van der Waals surface area contributed by atoms with Crippen LogP contribution in [-0.2, 0) is 40.5 Å². The first-order valence-electron chi connectivity index (χ1n) is 18.3. The molecule has 0 unspecified atom stereocenters. The number of aromatic carboxylic acids is 2. The van der Waals surface area contributed by atoms with Crippen molar-refractivity contribution in [1.29, 1.82) is 0 Å². The van der Waals surface area contributed by atoms with E-state index in [2.05, 4.69) is 41.1 Å². The number of azo groups is 1. The number of phenolic OH excluding ortho intramolecular Hbond substituents is 1. The quantitative estimate of drug-likeness (QED) is 0.0223. The summed E-state index contributed by atoms with van der Waals surface area (Å²) in [5.74, 6) is -6.19. The summed E-state index contributed by atoms with van der Waals surface area (Å²) in [6.07, 6.45) is -0.0168. The molecule has 31 heteroatoms. The van der Waals surface area contributed by atoms with Gasteiger partial charge in [-0.05, 0) is 78.5 Å². The molecule has 0 fully saturated rings. The van der Waals surface area contributed by atoms with Gasteiger partial charge in [-0.1, -0.05) is 30.0 Å². The molecule has 0 saturated heterocycles. The first kappa shape index (κ1) is 50.2. The van der Waals surface area contributed by atoms with E-state index in [9.17, 15) is 77.0 Å². The van der Waals surface area contributed by atoms with Crippen molar-refractivity contribution in [3.05, 3.63) is 102 Å². The molecular weight excluding hydrogens is 1000 g/mol. The fraction of sp³-hybridized carbons (Fsp3) is 0.0811. The van der Waals surface area contributed by atoms with E-state index < -0.39 is 118 Å². The van der Waals surface area contributed by atoms with Crippen molar-refractivity contribution in [1.82, 2.24) is 15.0 Å². The standard InChI is InChI=1S/C37H30N8O18S5/c46-31-29-19(15-28(68(61,62)63)30(31)45-44-26-10-9-21(66(55,56)57)16-24(26)34(50)51)14-22(67(58,59)60)17-27(29)39-32(47)18-5-3-6-20(13-18)38-35-41-36(40-25-8-2-1-7-23(25)33(48)49)43-37(42-35)64-11-4-12-65(52,53)54/h1-3,5-10,13-17,46H,4,11-12H2,(H,39,47)(H,48,49)(H,50,51)(H,52,53,54)(H,55,56,57)(H,58,59,60)(H,61,62,63)(H2,38,40,41,42,43)/b45-44+. The first-order chi connectivity index (χ1) is 31.7. The summed E-state index contributed by atoms with van der Waals surface area (Å²) in [7, 11) is -19.8. The molecule has 6 aromatic rings. The number of nitrogens with one attached hydrogen (secondary N) is 3. The Labute approximate surface area is 387 Å². The third-order valence-electron chi connectivity index (χ3n) is 8.88. The molecule has 10 N–H and O–H groups in total. The van der Waals surface area contributed by atoms with E-state index in [1.807, 2.05) is 0 Å². The topological polar surface area (TPSA) is 429 Å². The number of rotatable bonds is 18. The van der Waals surface area contributed by atoms with Gasteiger partial charge >= 0.3 is 11.9 Å². The highest BCUT2D eigenvalue weighted by Gasteiger charge is 2.27. The number of amides is 1. The molecule has 5 aromatic carbocycles. The number of fused-ring (bicyclic) bond motifs is 1. The second-order valence-corrected chi connectivity index (χ2v) is 20.5. The molecular formula is C37H30N8O18S5. The summed E-state index contributed by atoms with van der Waals surface area (Å²) in [6.45, 7) is 0. The number of carboxylic acids is 2. The number of para-hydroxylation sites is 1. The van der Waals surface area contributed by atoms with Crippen LogP contribution in [0.4, 0.5) is 40.3 Å². The van der Waals surface area contributed by atoms with Gasteiger partial charge in [0.25, 0.3) is 46.4 Å². The number of aromatic nitrogens is 3. The number of anilines is 5. The van der Waals surface area contributed by atoms with Crippen LogP contribution in [0.15, 0.2) is 115 Å². The van der Waals surface area contributed by atoms with Gasteiger partial charge in [-0.3, -0.25) is 23.0 Å². The Bertz CT molecular complexity index is 3560. The highest BCUT2D eigenvalue weighted by atomic mass is 32.2. The molecule has 68 heavy (non-hydrogen) atoms. The van der Waals surface area contributed by atoms with Crippen LogP contribution in [-0.4, -0.2) is 112 Å². The predicted molar refractivity (Wildman–Crippen MR) is 239 cm³/mol. The maximum absolute atomic E-state index is 13.9. The maximum atomic E-state index is 13.9. The Balaban J connectivity index is 1.39. The zero-order valence-corrected chi connectivity index (χ0v) is 37.7. The summed E-state index contributed by atoms with van der Waals surface area (Å²) < 4.78 is 134. The van der Waals surface area contributed by atoms with Gasteiger partial charge in [-0.15, -0.1) is 10.2 Å². The highest BCUT2D eigenvalue weighted by Crippen LogP contribution is 2.45. The summed E-state index contributed by atoms with van der Waals surface area (Å²) >= 11 is 0.952. The molecule has 0 spiro atoms. The number of aromatic hydroxyl groups is 1. The fourth-order valence-electron chi connectivity index (χ4n) is 5.94. The van der Waals surface area contributed by atoms with Gasteiger partial charge in [0.05, 0.1) is 38.0 Å². The SMILES string of the molecule is O=C(Nc1cc(S(=O)(=O)O)cc2cc(S(=O)(=O)O)c(/N=N/c3ccc(S(=O)(=O)O)cc3C(=O)O)c(O)c12)c1cccc(Nc2nc(Nc3ccccc3C(=O)O)nc(SCCCS(=O)(=O)O)n2)c1. The number of hydrogen-bond acceptors (Lipinski definition) is 20. The fourth-order valence-corrected chi connectivity index (χ4v) is 9.11. The molecule has 26 nitrogen and oxygen atoms in total. The number of hydrogen-bond donors (Lipinski definition) is 10. The largest absolute Gasteiger partial charge is 0.505 e. The number of thioether (sulfide) groups is 1. The molecule has 0 aliphatic heterocycles. The summed E-state index contributed by atoms with van der Waals surface area (Å²) in [6, 6.07) is 14.9. The highest BCUT2D eigenvalue weighted by molar-refractivity contribution is 7.99. The Kier molecular flexibility index (Phi) is 14.4. The average Bonchev–Trinajstić information content (AvgIpc) is 3.23. The summed E-state index contributed by atoms with van der Waals surface area (Å²) in [4.78, 5) is 47.4. The van der Waals surface area contributed by atoms with E-state index in [1.165, 1.54) is 42.5 Å². The molecule has 0 aliphatic rings. The minimum Gasteiger partial charge on any atom is -0.505 e. The second-order valence-electron chi connectivity index (χ2n) is 13.6. The number of carbonyl (C=O) groups is 3. The lowest BCUT2D eigenvalue weighted by atomic mass is 10.1. The summed E-state index contributed by atoms with van der Waals surface area (Å²) in [5, 5.41) is 44.9. The molecule has 0 aliphatic carbocycles. The lowest BCUT2D eigenvalue weighted by Crippen LogP contribution is -2.13. The van der Waals surface area contributed by atoms with E-state index in [4.69, 9.17) is 4.55 Å². The smallest absolute Gasteiger partial charge is 0.338 e. The molecule has 1 amide bonds. The third-order valence-corrected chi connectivity index (χ3v) is 13.2. The van der Waals surface area contributed by atoms with Gasteiger partial charge in [-0.25, -0.2) is 9.59 Å². The van der Waals surface area contributed by atoms with Gasteiger partial charge in [0.1, 0.15) is 16.3 Å². The van der Waals surface area contributed by atoms with Crippen molar-refractivity contribution < 1.29 is 81.6 Å². The van der Waals surface area contributed by atoms with E-state index >= 15 is 0 Å².